The Kier molecular flexibility index (Phi) is 5.57. The van der Waals surface area contributed by atoms with E-state index in [0.717, 1.165) is 17.7 Å². The predicted molar refractivity (Wildman–Crippen MR) is 62.8 cm³/mol. The number of carbonyl (C=O) groups is 1. The van der Waals surface area contributed by atoms with Crippen molar-refractivity contribution in [3.05, 3.63) is 29.8 Å². The summed E-state index contributed by atoms with van der Waals surface area (Å²) in [5, 5.41) is 0. The van der Waals surface area contributed by atoms with Gasteiger partial charge in [-0.05, 0) is 31.0 Å². The van der Waals surface area contributed by atoms with E-state index in [1.165, 1.54) is 0 Å². The Bertz CT molecular complexity index is 316. The van der Waals surface area contributed by atoms with Crippen molar-refractivity contribution in [1.29, 1.82) is 0 Å². The Balaban J connectivity index is 2.38. The monoisotopic (exact) mass is 222 g/mol. The minimum atomic E-state index is 0.223. The second kappa shape index (κ2) is 7.01. The second-order valence-electron chi connectivity index (χ2n) is 3.69. The lowest BCUT2D eigenvalue weighted by Gasteiger charge is -2.06. The minimum absolute atomic E-state index is 0.223. The van der Waals surface area contributed by atoms with Crippen molar-refractivity contribution < 1.29 is 14.3 Å². The van der Waals surface area contributed by atoms with Crippen LogP contribution in [-0.2, 0) is 16.0 Å². The molecule has 0 aliphatic heterocycles. The van der Waals surface area contributed by atoms with Crippen LogP contribution in [0.3, 0.4) is 0 Å². The normalized spacial score (nSPS) is 10.1. The van der Waals surface area contributed by atoms with E-state index in [0.29, 0.717) is 19.6 Å². The molecule has 0 atom stereocenters. The maximum atomic E-state index is 10.8. The molecule has 0 spiro atoms. The molecule has 1 rings (SSSR count). The summed E-state index contributed by atoms with van der Waals surface area (Å²) >= 11 is 0. The number of ketones is 1. The highest BCUT2D eigenvalue weighted by atomic mass is 16.5. The van der Waals surface area contributed by atoms with Crippen molar-refractivity contribution in [2.24, 2.45) is 0 Å². The van der Waals surface area contributed by atoms with Crippen LogP contribution in [0.1, 0.15) is 18.9 Å². The molecule has 0 unspecified atom stereocenters. The zero-order valence-electron chi connectivity index (χ0n) is 9.86. The van der Waals surface area contributed by atoms with Gasteiger partial charge in [-0.25, -0.2) is 0 Å². The maximum Gasteiger partial charge on any atom is 0.130 e. The topological polar surface area (TPSA) is 35.5 Å². The summed E-state index contributed by atoms with van der Waals surface area (Å²) in [5.41, 5.74) is 1.16. The van der Waals surface area contributed by atoms with E-state index in [2.05, 4.69) is 0 Å². The Labute approximate surface area is 96.4 Å². The van der Waals surface area contributed by atoms with Gasteiger partial charge in [-0.15, -0.1) is 0 Å². The molecule has 3 nitrogen and oxygen atoms in total. The van der Waals surface area contributed by atoms with Crippen LogP contribution in [0.15, 0.2) is 24.3 Å². The summed E-state index contributed by atoms with van der Waals surface area (Å²) < 4.78 is 10.3. The summed E-state index contributed by atoms with van der Waals surface area (Å²) in [5.74, 6) is 1.06. The first-order chi connectivity index (χ1) is 7.72. The molecule has 1 aromatic carbocycles. The Morgan fingerprint density at radius 3 is 2.44 bits per heavy atom. The number of aryl methyl sites for hydroxylation is 1. The number of hydrogen-bond donors (Lipinski definition) is 0. The van der Waals surface area contributed by atoms with E-state index in [4.69, 9.17) is 9.47 Å². The summed E-state index contributed by atoms with van der Waals surface area (Å²) in [6.45, 7) is 2.76. The van der Waals surface area contributed by atoms with Gasteiger partial charge in [0.25, 0.3) is 0 Å². The Hall–Kier alpha value is -1.35. The van der Waals surface area contributed by atoms with E-state index >= 15 is 0 Å². The fourth-order valence-corrected chi connectivity index (χ4v) is 1.32. The molecule has 1 aromatic rings. The van der Waals surface area contributed by atoms with Crippen molar-refractivity contribution in [2.45, 2.75) is 19.8 Å². The van der Waals surface area contributed by atoms with E-state index in [-0.39, 0.29) is 5.78 Å². The number of carbonyl (C=O) groups excluding carboxylic acids is 1. The molecule has 0 N–H and O–H groups in total. The molecule has 0 saturated heterocycles. The lowest BCUT2D eigenvalue weighted by atomic mass is 10.1. The third kappa shape index (κ3) is 4.94. The van der Waals surface area contributed by atoms with Crippen LogP contribution < -0.4 is 4.74 Å². The predicted octanol–water partition coefficient (Wildman–Crippen LogP) is 2.23. The van der Waals surface area contributed by atoms with Gasteiger partial charge in [-0.2, -0.15) is 0 Å². The standard InChI is InChI=1S/C13H18O3/c1-11(14)3-4-12-5-7-13(8-6-12)16-10-9-15-2/h5-8H,3-4,9-10H2,1-2H3. The largest absolute Gasteiger partial charge is 0.491 e. The SMILES string of the molecule is COCCOc1ccc(CCC(C)=O)cc1. The zero-order chi connectivity index (χ0) is 11.8. The van der Waals surface area contributed by atoms with E-state index in [9.17, 15) is 4.79 Å². The fourth-order valence-electron chi connectivity index (χ4n) is 1.32. The highest BCUT2D eigenvalue weighted by molar-refractivity contribution is 5.75. The van der Waals surface area contributed by atoms with Gasteiger partial charge in [0.15, 0.2) is 0 Å². The Morgan fingerprint density at radius 2 is 1.88 bits per heavy atom. The molecule has 0 aromatic heterocycles. The number of rotatable bonds is 7. The van der Waals surface area contributed by atoms with Gasteiger partial charge in [0.05, 0.1) is 6.61 Å². The van der Waals surface area contributed by atoms with Crippen molar-refractivity contribution in [3.8, 4) is 5.75 Å². The third-order valence-electron chi connectivity index (χ3n) is 2.25. The molecule has 0 radical (unpaired) electrons. The molecule has 0 saturated carbocycles. The summed E-state index contributed by atoms with van der Waals surface area (Å²) in [4.78, 5) is 10.8. The number of methoxy groups -OCH3 is 1. The number of Topliss-reactive ketones (excluding diaryl/α,β-unsaturated/α-hetero) is 1. The van der Waals surface area contributed by atoms with Crippen LogP contribution in [0.25, 0.3) is 0 Å². The maximum absolute atomic E-state index is 10.8. The van der Waals surface area contributed by atoms with Crippen LogP contribution >= 0.6 is 0 Å². The molecule has 88 valence electrons. The summed E-state index contributed by atoms with van der Waals surface area (Å²) in [7, 11) is 1.65. The molecular weight excluding hydrogens is 204 g/mol. The van der Waals surface area contributed by atoms with Crippen molar-refractivity contribution in [1.82, 2.24) is 0 Å². The lowest BCUT2D eigenvalue weighted by Crippen LogP contribution is -2.04. The molecule has 0 aliphatic rings. The van der Waals surface area contributed by atoms with Crippen LogP contribution in [0.2, 0.25) is 0 Å². The first kappa shape index (κ1) is 12.7. The molecule has 0 bridgehead atoms. The highest BCUT2D eigenvalue weighted by Crippen LogP contribution is 2.13. The molecular formula is C13H18O3. The third-order valence-corrected chi connectivity index (χ3v) is 2.25. The molecule has 0 amide bonds. The van der Waals surface area contributed by atoms with Gasteiger partial charge in [-0.3, -0.25) is 0 Å². The molecule has 16 heavy (non-hydrogen) atoms. The minimum Gasteiger partial charge on any atom is -0.491 e. The van der Waals surface area contributed by atoms with Gasteiger partial charge < -0.3 is 14.3 Å². The van der Waals surface area contributed by atoms with Crippen LogP contribution in [-0.4, -0.2) is 26.1 Å². The Morgan fingerprint density at radius 1 is 1.19 bits per heavy atom. The smallest absolute Gasteiger partial charge is 0.130 e. The van der Waals surface area contributed by atoms with E-state index in [1.54, 1.807) is 14.0 Å². The van der Waals surface area contributed by atoms with E-state index < -0.39 is 0 Å². The molecule has 3 heteroatoms. The molecule has 0 heterocycles. The van der Waals surface area contributed by atoms with Crippen molar-refractivity contribution in [3.63, 3.8) is 0 Å². The van der Waals surface area contributed by atoms with Gasteiger partial charge in [0.1, 0.15) is 18.1 Å². The quantitative estimate of drug-likeness (QED) is 0.664. The van der Waals surface area contributed by atoms with Gasteiger partial charge in [0, 0.05) is 13.5 Å². The summed E-state index contributed by atoms with van der Waals surface area (Å²) in [6.07, 6.45) is 1.40. The summed E-state index contributed by atoms with van der Waals surface area (Å²) in [6, 6.07) is 7.83. The van der Waals surface area contributed by atoms with Crippen molar-refractivity contribution >= 4 is 5.78 Å². The lowest BCUT2D eigenvalue weighted by molar-refractivity contribution is -0.116. The molecule has 0 fully saturated rings. The first-order valence-electron chi connectivity index (χ1n) is 5.42. The van der Waals surface area contributed by atoms with Gasteiger partial charge in [0.2, 0.25) is 0 Å². The van der Waals surface area contributed by atoms with Crippen LogP contribution in [0.4, 0.5) is 0 Å². The molecule has 0 aliphatic carbocycles. The second-order valence-corrected chi connectivity index (χ2v) is 3.69. The van der Waals surface area contributed by atoms with Crippen molar-refractivity contribution in [2.75, 3.05) is 20.3 Å². The number of ether oxygens (including phenoxy) is 2. The number of hydrogen-bond acceptors (Lipinski definition) is 3. The number of benzene rings is 1. The van der Waals surface area contributed by atoms with Gasteiger partial charge >= 0.3 is 0 Å². The van der Waals surface area contributed by atoms with Gasteiger partial charge in [-0.1, -0.05) is 12.1 Å². The van der Waals surface area contributed by atoms with Crippen LogP contribution in [0, 0.1) is 0 Å². The first-order valence-corrected chi connectivity index (χ1v) is 5.42. The average molecular weight is 222 g/mol. The van der Waals surface area contributed by atoms with E-state index in [1.807, 2.05) is 24.3 Å². The highest BCUT2D eigenvalue weighted by Gasteiger charge is 1.98. The zero-order valence-corrected chi connectivity index (χ0v) is 9.86. The fraction of sp³-hybridized carbons (Fsp3) is 0.462. The average Bonchev–Trinajstić information content (AvgIpc) is 2.28. The van der Waals surface area contributed by atoms with Crippen LogP contribution in [0.5, 0.6) is 5.75 Å².